The molecule has 1 saturated carbocycles. The van der Waals surface area contributed by atoms with E-state index in [1.807, 2.05) is 6.07 Å². The summed E-state index contributed by atoms with van der Waals surface area (Å²) in [5.41, 5.74) is 0. The van der Waals surface area contributed by atoms with Crippen LogP contribution in [0.2, 0.25) is 5.15 Å². The highest BCUT2D eigenvalue weighted by Gasteiger charge is 2.18. The van der Waals surface area contributed by atoms with Gasteiger partial charge in [0.05, 0.1) is 0 Å². The Hall–Kier alpha value is -0.830. The van der Waals surface area contributed by atoms with Gasteiger partial charge in [0.1, 0.15) is 16.8 Å². The molecule has 2 rings (SSSR count). The first kappa shape index (κ1) is 14.6. The Bertz CT molecular complexity index is 412. The van der Waals surface area contributed by atoms with E-state index in [-0.39, 0.29) is 0 Å². The van der Waals surface area contributed by atoms with Crippen LogP contribution in [0, 0.1) is 11.8 Å². The summed E-state index contributed by atoms with van der Waals surface area (Å²) in [6.07, 6.45) is 5.36. The van der Waals surface area contributed by atoms with Crippen LogP contribution in [0.4, 0.5) is 5.82 Å². The van der Waals surface area contributed by atoms with E-state index in [9.17, 15) is 0 Å². The number of anilines is 1. The van der Waals surface area contributed by atoms with Crippen molar-refractivity contribution in [1.29, 1.82) is 0 Å². The zero-order valence-corrected chi connectivity index (χ0v) is 12.9. The average molecular weight is 282 g/mol. The Morgan fingerprint density at radius 2 is 1.95 bits per heavy atom. The zero-order chi connectivity index (χ0) is 13.8. The van der Waals surface area contributed by atoms with Crippen molar-refractivity contribution in [1.82, 2.24) is 9.97 Å². The van der Waals surface area contributed by atoms with Crippen LogP contribution in [-0.2, 0) is 0 Å². The van der Waals surface area contributed by atoms with Crippen LogP contribution in [0.25, 0.3) is 0 Å². The van der Waals surface area contributed by atoms with Crippen molar-refractivity contribution in [3.63, 3.8) is 0 Å². The molecule has 19 heavy (non-hydrogen) atoms. The van der Waals surface area contributed by atoms with Gasteiger partial charge in [0, 0.05) is 18.5 Å². The van der Waals surface area contributed by atoms with Gasteiger partial charge in [-0.2, -0.15) is 0 Å². The predicted octanol–water partition coefficient (Wildman–Crippen LogP) is 4.49. The van der Waals surface area contributed by atoms with Crippen LogP contribution in [0.15, 0.2) is 6.07 Å². The number of nitrogens with one attached hydrogen (secondary N) is 1. The molecule has 1 fully saturated rings. The molecule has 1 N–H and O–H groups in total. The minimum absolute atomic E-state index is 0.301. The molecule has 106 valence electrons. The fraction of sp³-hybridized carbons (Fsp3) is 0.733. The molecular formula is C15H24ClN3. The van der Waals surface area contributed by atoms with E-state index in [1.54, 1.807) is 0 Å². The molecule has 0 unspecified atom stereocenters. The van der Waals surface area contributed by atoms with E-state index < -0.39 is 0 Å². The number of hydrogen-bond acceptors (Lipinski definition) is 3. The van der Waals surface area contributed by atoms with E-state index in [0.717, 1.165) is 30.0 Å². The van der Waals surface area contributed by atoms with Crippen LogP contribution in [0.3, 0.4) is 0 Å². The minimum atomic E-state index is 0.301. The molecular weight excluding hydrogens is 258 g/mol. The summed E-state index contributed by atoms with van der Waals surface area (Å²) < 4.78 is 0. The van der Waals surface area contributed by atoms with Crippen molar-refractivity contribution in [2.24, 2.45) is 11.8 Å². The maximum atomic E-state index is 6.04. The van der Waals surface area contributed by atoms with Crippen molar-refractivity contribution in [3.05, 3.63) is 17.0 Å². The van der Waals surface area contributed by atoms with Crippen LogP contribution in [0.5, 0.6) is 0 Å². The van der Waals surface area contributed by atoms with Crippen LogP contribution < -0.4 is 5.32 Å². The summed E-state index contributed by atoms with van der Waals surface area (Å²) in [5.74, 6) is 3.65. The fourth-order valence-corrected chi connectivity index (χ4v) is 2.76. The Kier molecular flexibility index (Phi) is 5.03. The molecule has 1 aromatic rings. The lowest BCUT2D eigenvalue weighted by Crippen LogP contribution is -2.20. The topological polar surface area (TPSA) is 37.8 Å². The molecule has 0 aliphatic heterocycles. The van der Waals surface area contributed by atoms with Crippen molar-refractivity contribution in [2.75, 3.05) is 11.9 Å². The van der Waals surface area contributed by atoms with Crippen molar-refractivity contribution in [2.45, 2.75) is 52.4 Å². The molecule has 0 atom stereocenters. The largest absolute Gasteiger partial charge is 0.370 e. The normalized spacial score (nSPS) is 23.6. The molecule has 0 saturated heterocycles. The SMILES string of the molecule is CC1CCC(CNc2cc(Cl)nc(C(C)C)n2)CC1. The first-order valence-corrected chi connectivity index (χ1v) is 7.70. The van der Waals surface area contributed by atoms with Crippen molar-refractivity contribution < 1.29 is 0 Å². The summed E-state index contributed by atoms with van der Waals surface area (Å²) in [6.45, 7) is 7.51. The highest BCUT2D eigenvalue weighted by molar-refractivity contribution is 6.29. The molecule has 3 nitrogen and oxygen atoms in total. The zero-order valence-electron chi connectivity index (χ0n) is 12.1. The smallest absolute Gasteiger partial charge is 0.135 e. The summed E-state index contributed by atoms with van der Waals surface area (Å²) in [6, 6.07) is 1.82. The monoisotopic (exact) mass is 281 g/mol. The van der Waals surface area contributed by atoms with Crippen LogP contribution in [-0.4, -0.2) is 16.5 Å². The summed E-state index contributed by atoms with van der Waals surface area (Å²) in [5, 5.41) is 3.96. The number of rotatable bonds is 4. The van der Waals surface area contributed by atoms with E-state index in [2.05, 4.69) is 36.1 Å². The van der Waals surface area contributed by atoms with Gasteiger partial charge >= 0.3 is 0 Å². The van der Waals surface area contributed by atoms with Gasteiger partial charge < -0.3 is 5.32 Å². The second-order valence-electron chi connectivity index (χ2n) is 6.10. The number of nitrogens with zero attached hydrogens (tertiary/aromatic N) is 2. The second-order valence-corrected chi connectivity index (χ2v) is 6.48. The number of aromatic nitrogens is 2. The maximum Gasteiger partial charge on any atom is 0.135 e. The minimum Gasteiger partial charge on any atom is -0.370 e. The molecule has 0 aromatic carbocycles. The third kappa shape index (κ3) is 4.34. The third-order valence-corrected chi connectivity index (χ3v) is 4.13. The second kappa shape index (κ2) is 6.56. The molecule has 0 amide bonds. The summed E-state index contributed by atoms with van der Waals surface area (Å²) >= 11 is 6.04. The molecule has 1 aliphatic rings. The molecule has 4 heteroatoms. The summed E-state index contributed by atoms with van der Waals surface area (Å²) in [4.78, 5) is 8.78. The lowest BCUT2D eigenvalue weighted by Gasteiger charge is -2.26. The Labute approximate surface area is 121 Å². The summed E-state index contributed by atoms with van der Waals surface area (Å²) in [7, 11) is 0. The van der Waals surface area contributed by atoms with Gasteiger partial charge in [0.25, 0.3) is 0 Å². The van der Waals surface area contributed by atoms with Crippen molar-refractivity contribution in [3.8, 4) is 0 Å². The van der Waals surface area contributed by atoms with E-state index in [1.165, 1.54) is 25.7 Å². The molecule has 1 aliphatic carbocycles. The predicted molar refractivity (Wildman–Crippen MR) is 80.7 cm³/mol. The third-order valence-electron chi connectivity index (χ3n) is 3.94. The lowest BCUT2D eigenvalue weighted by molar-refractivity contribution is 0.300. The van der Waals surface area contributed by atoms with Crippen LogP contribution >= 0.6 is 11.6 Å². The van der Waals surface area contributed by atoms with Crippen molar-refractivity contribution >= 4 is 17.4 Å². The first-order chi connectivity index (χ1) is 9.04. The molecule has 0 bridgehead atoms. The van der Waals surface area contributed by atoms with E-state index >= 15 is 0 Å². The van der Waals surface area contributed by atoms with Gasteiger partial charge in [-0.15, -0.1) is 0 Å². The molecule has 1 heterocycles. The van der Waals surface area contributed by atoms with Gasteiger partial charge in [-0.25, -0.2) is 9.97 Å². The van der Waals surface area contributed by atoms with Gasteiger partial charge in [-0.1, -0.05) is 45.2 Å². The average Bonchev–Trinajstić information content (AvgIpc) is 2.37. The van der Waals surface area contributed by atoms with Crippen LogP contribution in [0.1, 0.15) is 58.2 Å². The highest BCUT2D eigenvalue weighted by atomic mass is 35.5. The molecule has 0 radical (unpaired) electrons. The first-order valence-electron chi connectivity index (χ1n) is 7.33. The lowest BCUT2D eigenvalue weighted by atomic mass is 9.83. The van der Waals surface area contributed by atoms with E-state index in [0.29, 0.717) is 11.1 Å². The van der Waals surface area contributed by atoms with Gasteiger partial charge in [-0.05, 0) is 24.7 Å². The molecule has 1 aromatic heterocycles. The van der Waals surface area contributed by atoms with Gasteiger partial charge in [-0.3, -0.25) is 0 Å². The quantitative estimate of drug-likeness (QED) is 0.826. The standard InChI is InChI=1S/C15H24ClN3/c1-10(2)15-18-13(16)8-14(19-15)17-9-12-6-4-11(3)5-7-12/h8,10-12H,4-7,9H2,1-3H3,(H,17,18,19). The Morgan fingerprint density at radius 3 is 2.58 bits per heavy atom. The number of hydrogen-bond donors (Lipinski definition) is 1. The Morgan fingerprint density at radius 1 is 1.26 bits per heavy atom. The van der Waals surface area contributed by atoms with Gasteiger partial charge in [0.2, 0.25) is 0 Å². The highest BCUT2D eigenvalue weighted by Crippen LogP contribution is 2.28. The van der Waals surface area contributed by atoms with E-state index in [4.69, 9.17) is 11.6 Å². The fourth-order valence-electron chi connectivity index (χ4n) is 2.57. The Balaban J connectivity index is 1.92. The maximum absolute atomic E-state index is 6.04. The number of halogens is 1. The molecule has 0 spiro atoms. The van der Waals surface area contributed by atoms with Gasteiger partial charge in [0.15, 0.2) is 0 Å².